The van der Waals surface area contributed by atoms with Crippen LogP contribution in [0.1, 0.15) is 21.5 Å². The minimum Gasteiger partial charge on any atom is -0.473 e. The van der Waals surface area contributed by atoms with Gasteiger partial charge in [0.05, 0.1) is 23.3 Å². The van der Waals surface area contributed by atoms with Crippen LogP contribution in [0.2, 0.25) is 0 Å². The molecule has 3 aromatic carbocycles. The Morgan fingerprint density at radius 3 is 2.08 bits per heavy atom. The number of ether oxygens (including phenoxy) is 3. The molecule has 0 atom stereocenters. The molecule has 1 heterocycles. The quantitative estimate of drug-likeness (QED) is 0.173. The van der Waals surface area contributed by atoms with Crippen LogP contribution in [0.4, 0.5) is 17.1 Å². The fourth-order valence-corrected chi connectivity index (χ4v) is 3.35. The fourth-order valence-electron chi connectivity index (χ4n) is 3.35. The van der Waals surface area contributed by atoms with E-state index in [0.717, 1.165) is 17.2 Å². The van der Waals surface area contributed by atoms with E-state index in [-0.39, 0.29) is 23.7 Å². The van der Waals surface area contributed by atoms with Gasteiger partial charge in [0.2, 0.25) is 11.8 Å². The van der Waals surface area contributed by atoms with Crippen molar-refractivity contribution in [3.05, 3.63) is 118 Å². The summed E-state index contributed by atoms with van der Waals surface area (Å²) in [7, 11) is 1.21. The van der Waals surface area contributed by atoms with Gasteiger partial charge in [0.15, 0.2) is 0 Å². The van der Waals surface area contributed by atoms with E-state index in [1.54, 1.807) is 12.1 Å². The molecule has 0 fully saturated rings. The number of hydrogen-bond donors (Lipinski definition) is 1. The van der Waals surface area contributed by atoms with Crippen LogP contribution in [-0.2, 0) is 18.0 Å². The lowest BCUT2D eigenvalue weighted by Gasteiger charge is -2.16. The number of rotatable bonds is 10. The maximum absolute atomic E-state index is 12.3. The number of pyridine rings is 1. The number of carbonyl (C=O) groups excluding carboxylic acids is 1. The Morgan fingerprint density at radius 1 is 0.861 bits per heavy atom. The monoisotopic (exact) mass is 485 g/mol. The summed E-state index contributed by atoms with van der Waals surface area (Å²) in [5.41, 5.74) is 2.44. The van der Waals surface area contributed by atoms with Gasteiger partial charge in [-0.15, -0.1) is 0 Å². The number of nitro groups is 1. The molecule has 182 valence electrons. The van der Waals surface area contributed by atoms with Crippen molar-refractivity contribution in [2.45, 2.75) is 13.2 Å². The average molecular weight is 485 g/mol. The number of non-ortho nitro benzene ring substituents is 1. The van der Waals surface area contributed by atoms with E-state index in [2.05, 4.69) is 10.3 Å². The molecule has 9 nitrogen and oxygen atoms in total. The van der Waals surface area contributed by atoms with Gasteiger partial charge in [0, 0.05) is 18.2 Å². The summed E-state index contributed by atoms with van der Waals surface area (Å²) in [5, 5.41) is 14.3. The number of carbonyl (C=O) groups is 1. The molecule has 0 saturated carbocycles. The Balaban J connectivity index is 1.63. The second-order valence-corrected chi connectivity index (χ2v) is 7.65. The highest BCUT2D eigenvalue weighted by Gasteiger charge is 2.19. The van der Waals surface area contributed by atoms with Crippen LogP contribution in [0.25, 0.3) is 0 Å². The third-order valence-corrected chi connectivity index (χ3v) is 5.17. The molecule has 9 heteroatoms. The summed E-state index contributed by atoms with van der Waals surface area (Å²) in [6.07, 6.45) is 0. The van der Waals surface area contributed by atoms with Crippen LogP contribution < -0.4 is 14.8 Å². The number of nitrogens with zero attached hydrogens (tertiary/aromatic N) is 2. The standard InChI is InChI=1S/C27H23N3O6/c1-34-27(31)22-16-21(30(32)33)12-13-23(22)28-24-14-15-25(35-17-19-8-4-2-5-9-19)29-26(24)36-18-20-10-6-3-7-11-20/h2-16,28H,17-18H2,1H3. The molecule has 36 heavy (non-hydrogen) atoms. The first-order chi connectivity index (χ1) is 17.5. The number of anilines is 2. The molecular formula is C27H23N3O6. The minimum absolute atomic E-state index is 0.00473. The van der Waals surface area contributed by atoms with Gasteiger partial charge < -0.3 is 19.5 Å². The summed E-state index contributed by atoms with van der Waals surface area (Å²) in [6.45, 7) is 0.572. The molecule has 0 amide bonds. The van der Waals surface area contributed by atoms with Crippen molar-refractivity contribution >= 4 is 23.0 Å². The number of nitro benzene ring substituents is 1. The zero-order chi connectivity index (χ0) is 25.3. The van der Waals surface area contributed by atoms with Crippen molar-refractivity contribution < 1.29 is 23.9 Å². The molecular weight excluding hydrogens is 462 g/mol. The van der Waals surface area contributed by atoms with Gasteiger partial charge in [-0.25, -0.2) is 4.79 Å². The minimum atomic E-state index is -0.719. The molecule has 0 unspecified atom stereocenters. The van der Waals surface area contributed by atoms with Crippen LogP contribution >= 0.6 is 0 Å². The van der Waals surface area contributed by atoms with E-state index >= 15 is 0 Å². The molecule has 1 aromatic heterocycles. The van der Waals surface area contributed by atoms with E-state index in [0.29, 0.717) is 23.9 Å². The van der Waals surface area contributed by atoms with E-state index in [1.807, 2.05) is 60.7 Å². The van der Waals surface area contributed by atoms with Crippen LogP contribution in [0, 0.1) is 10.1 Å². The number of nitrogens with one attached hydrogen (secondary N) is 1. The third-order valence-electron chi connectivity index (χ3n) is 5.17. The maximum atomic E-state index is 12.3. The Hall–Kier alpha value is -4.92. The van der Waals surface area contributed by atoms with Gasteiger partial charge in [0.1, 0.15) is 18.9 Å². The van der Waals surface area contributed by atoms with Crippen molar-refractivity contribution in [3.63, 3.8) is 0 Å². The topological polar surface area (TPSA) is 113 Å². The molecule has 4 rings (SSSR count). The van der Waals surface area contributed by atoms with Gasteiger partial charge in [-0.05, 0) is 23.3 Å². The van der Waals surface area contributed by atoms with Gasteiger partial charge >= 0.3 is 5.97 Å². The number of methoxy groups -OCH3 is 1. The van der Waals surface area contributed by atoms with Crippen LogP contribution in [0.3, 0.4) is 0 Å². The maximum Gasteiger partial charge on any atom is 0.340 e. The lowest BCUT2D eigenvalue weighted by molar-refractivity contribution is -0.384. The molecule has 0 aliphatic heterocycles. The Labute approximate surface area is 207 Å². The number of hydrogen-bond acceptors (Lipinski definition) is 8. The van der Waals surface area contributed by atoms with E-state index < -0.39 is 10.9 Å². The summed E-state index contributed by atoms with van der Waals surface area (Å²) >= 11 is 0. The Kier molecular flexibility index (Phi) is 7.72. The second kappa shape index (κ2) is 11.5. The van der Waals surface area contributed by atoms with Gasteiger partial charge in [-0.1, -0.05) is 60.7 Å². The molecule has 0 spiro atoms. The Bertz CT molecular complexity index is 1350. The first kappa shape index (κ1) is 24.2. The fraction of sp³-hybridized carbons (Fsp3) is 0.111. The zero-order valence-corrected chi connectivity index (χ0v) is 19.4. The van der Waals surface area contributed by atoms with Crippen molar-refractivity contribution in [1.82, 2.24) is 4.98 Å². The van der Waals surface area contributed by atoms with Crippen molar-refractivity contribution in [2.75, 3.05) is 12.4 Å². The molecule has 0 bridgehead atoms. The van der Waals surface area contributed by atoms with Crippen LogP contribution in [0.15, 0.2) is 91.0 Å². The summed E-state index contributed by atoms with van der Waals surface area (Å²) < 4.78 is 16.7. The first-order valence-electron chi connectivity index (χ1n) is 11.0. The van der Waals surface area contributed by atoms with E-state index in [4.69, 9.17) is 14.2 Å². The Morgan fingerprint density at radius 2 is 1.47 bits per heavy atom. The second-order valence-electron chi connectivity index (χ2n) is 7.65. The van der Waals surface area contributed by atoms with Crippen LogP contribution in [-0.4, -0.2) is 23.0 Å². The largest absolute Gasteiger partial charge is 0.473 e. The molecule has 4 aromatic rings. The first-order valence-corrected chi connectivity index (χ1v) is 11.0. The van der Waals surface area contributed by atoms with Gasteiger partial charge in [-0.3, -0.25) is 10.1 Å². The molecule has 1 N–H and O–H groups in total. The lowest BCUT2D eigenvalue weighted by Crippen LogP contribution is -2.08. The smallest absolute Gasteiger partial charge is 0.340 e. The molecule has 0 aliphatic rings. The van der Waals surface area contributed by atoms with Gasteiger partial charge in [-0.2, -0.15) is 4.98 Å². The molecule has 0 aliphatic carbocycles. The third kappa shape index (κ3) is 6.15. The van der Waals surface area contributed by atoms with Crippen molar-refractivity contribution in [3.8, 4) is 11.8 Å². The predicted molar refractivity (Wildman–Crippen MR) is 134 cm³/mol. The molecule has 0 radical (unpaired) electrons. The van der Waals surface area contributed by atoms with Gasteiger partial charge in [0.25, 0.3) is 5.69 Å². The van der Waals surface area contributed by atoms with E-state index in [1.165, 1.54) is 19.2 Å². The normalized spacial score (nSPS) is 10.4. The summed E-state index contributed by atoms with van der Waals surface area (Å²) in [5.74, 6) is -0.133. The zero-order valence-electron chi connectivity index (χ0n) is 19.4. The predicted octanol–water partition coefficient (Wildman–Crippen LogP) is 5.68. The number of aromatic nitrogens is 1. The number of esters is 1. The highest BCUT2D eigenvalue weighted by molar-refractivity contribution is 5.97. The lowest BCUT2D eigenvalue weighted by atomic mass is 10.1. The van der Waals surface area contributed by atoms with Crippen molar-refractivity contribution in [1.29, 1.82) is 0 Å². The highest BCUT2D eigenvalue weighted by atomic mass is 16.6. The summed E-state index contributed by atoms with van der Waals surface area (Å²) in [4.78, 5) is 27.4. The van der Waals surface area contributed by atoms with Crippen molar-refractivity contribution in [2.24, 2.45) is 0 Å². The SMILES string of the molecule is COC(=O)c1cc([N+](=O)[O-])ccc1Nc1ccc(OCc2ccccc2)nc1OCc1ccccc1. The van der Waals surface area contributed by atoms with E-state index in [9.17, 15) is 14.9 Å². The number of benzene rings is 3. The summed E-state index contributed by atoms with van der Waals surface area (Å²) in [6, 6.07) is 26.5. The van der Waals surface area contributed by atoms with Crippen LogP contribution in [0.5, 0.6) is 11.8 Å². The highest BCUT2D eigenvalue weighted by Crippen LogP contribution is 2.32. The average Bonchev–Trinajstić information content (AvgIpc) is 2.92. The molecule has 0 saturated heterocycles.